The molecule has 0 fully saturated rings. The average molecular weight is 365 g/mol. The van der Waals surface area contributed by atoms with Gasteiger partial charge in [0.25, 0.3) is 0 Å². The Hall–Kier alpha value is -2.51. The van der Waals surface area contributed by atoms with Crippen molar-refractivity contribution in [3.05, 3.63) is 23.9 Å². The summed E-state index contributed by atoms with van der Waals surface area (Å²) in [6, 6.07) is 3.74. The number of carbonyl (C=O) groups excluding carboxylic acids is 1. The van der Waals surface area contributed by atoms with Crippen LogP contribution in [0.2, 0.25) is 0 Å². The average Bonchev–Trinajstić information content (AvgIpc) is 2.53. The second-order valence-corrected chi connectivity index (χ2v) is 7.50. The molecule has 0 saturated heterocycles. The minimum absolute atomic E-state index is 0.448. The summed E-state index contributed by atoms with van der Waals surface area (Å²) in [6.07, 6.45) is 1.30. The van der Waals surface area contributed by atoms with Crippen molar-refractivity contribution in [2.24, 2.45) is 4.99 Å². The Kier molecular flexibility index (Phi) is 7.67. The van der Waals surface area contributed by atoms with E-state index in [4.69, 9.17) is 9.47 Å². The standard InChI is InChI=1S/C18H31N5O3/c1-17(2,3)26-16(24)23-18(4,5)12-22-15(19-6)21-11-13-8-9-14(25-7)20-10-13/h8-10H,11-12H2,1-7H3,(H,23,24)(H2,19,21,22). The van der Waals surface area contributed by atoms with E-state index in [1.807, 2.05) is 40.7 Å². The fourth-order valence-corrected chi connectivity index (χ4v) is 1.97. The fraction of sp³-hybridized carbons (Fsp3) is 0.611. The summed E-state index contributed by atoms with van der Waals surface area (Å²) in [4.78, 5) is 20.3. The van der Waals surface area contributed by atoms with Crippen LogP contribution in [-0.2, 0) is 11.3 Å². The molecule has 26 heavy (non-hydrogen) atoms. The minimum Gasteiger partial charge on any atom is -0.481 e. The molecule has 0 radical (unpaired) electrons. The number of hydrogen-bond donors (Lipinski definition) is 3. The van der Waals surface area contributed by atoms with Crippen molar-refractivity contribution < 1.29 is 14.3 Å². The van der Waals surface area contributed by atoms with Gasteiger partial charge in [-0.1, -0.05) is 6.07 Å². The first-order valence-electron chi connectivity index (χ1n) is 8.49. The third-order valence-electron chi connectivity index (χ3n) is 3.23. The molecule has 0 atom stereocenters. The monoisotopic (exact) mass is 365 g/mol. The summed E-state index contributed by atoms with van der Waals surface area (Å²) < 4.78 is 10.3. The van der Waals surface area contributed by atoms with Crippen LogP contribution in [0.15, 0.2) is 23.3 Å². The second-order valence-electron chi connectivity index (χ2n) is 7.50. The zero-order chi connectivity index (χ0) is 19.8. The van der Waals surface area contributed by atoms with Gasteiger partial charge in [-0.25, -0.2) is 9.78 Å². The Morgan fingerprint density at radius 2 is 1.88 bits per heavy atom. The molecule has 1 aromatic heterocycles. The number of aromatic nitrogens is 1. The third kappa shape index (κ3) is 8.55. The molecule has 146 valence electrons. The zero-order valence-electron chi connectivity index (χ0n) is 16.8. The van der Waals surface area contributed by atoms with Crippen molar-refractivity contribution in [3.8, 4) is 5.88 Å². The van der Waals surface area contributed by atoms with E-state index in [-0.39, 0.29) is 0 Å². The maximum atomic E-state index is 11.9. The van der Waals surface area contributed by atoms with Crippen LogP contribution in [0.25, 0.3) is 0 Å². The number of aliphatic imine (C=N–C) groups is 1. The zero-order valence-corrected chi connectivity index (χ0v) is 16.8. The summed E-state index contributed by atoms with van der Waals surface area (Å²) in [5.74, 6) is 1.20. The first-order chi connectivity index (χ1) is 12.0. The number of alkyl carbamates (subject to hydrolysis) is 1. The van der Waals surface area contributed by atoms with Crippen molar-refractivity contribution in [1.29, 1.82) is 0 Å². The Labute approximate surface area is 155 Å². The van der Waals surface area contributed by atoms with Crippen LogP contribution in [0.1, 0.15) is 40.2 Å². The maximum absolute atomic E-state index is 11.9. The van der Waals surface area contributed by atoms with E-state index in [2.05, 4.69) is 25.9 Å². The molecule has 3 N–H and O–H groups in total. The first kappa shape index (κ1) is 21.5. The molecule has 0 bridgehead atoms. The number of hydrogen-bond acceptors (Lipinski definition) is 5. The van der Waals surface area contributed by atoms with Gasteiger partial charge in [0.05, 0.1) is 12.6 Å². The van der Waals surface area contributed by atoms with E-state index >= 15 is 0 Å². The lowest BCUT2D eigenvalue weighted by molar-refractivity contribution is 0.0474. The SMILES string of the molecule is CN=C(NCc1ccc(OC)nc1)NCC(C)(C)NC(=O)OC(C)(C)C. The predicted octanol–water partition coefficient (Wildman–Crippen LogP) is 2.06. The van der Waals surface area contributed by atoms with Gasteiger partial charge in [-0.2, -0.15) is 0 Å². The molecule has 0 aliphatic carbocycles. The molecule has 0 unspecified atom stereocenters. The number of carbonyl (C=O) groups is 1. The normalized spacial score (nSPS) is 12.3. The van der Waals surface area contributed by atoms with Crippen molar-refractivity contribution in [1.82, 2.24) is 20.9 Å². The van der Waals surface area contributed by atoms with Gasteiger partial charge in [0.15, 0.2) is 5.96 Å². The number of nitrogens with zero attached hydrogens (tertiary/aromatic N) is 2. The number of methoxy groups -OCH3 is 1. The Morgan fingerprint density at radius 1 is 1.19 bits per heavy atom. The molecule has 1 heterocycles. The van der Waals surface area contributed by atoms with Crippen molar-refractivity contribution in [2.45, 2.75) is 52.3 Å². The molecule has 1 rings (SSSR count). The van der Waals surface area contributed by atoms with E-state index in [9.17, 15) is 4.79 Å². The number of amides is 1. The highest BCUT2D eigenvalue weighted by Gasteiger charge is 2.24. The van der Waals surface area contributed by atoms with Gasteiger partial charge in [0.1, 0.15) is 5.60 Å². The van der Waals surface area contributed by atoms with Gasteiger partial charge < -0.3 is 25.4 Å². The molecule has 0 aliphatic rings. The number of ether oxygens (including phenoxy) is 2. The molecule has 1 aromatic rings. The lowest BCUT2D eigenvalue weighted by Gasteiger charge is -2.29. The highest BCUT2D eigenvalue weighted by atomic mass is 16.6. The smallest absolute Gasteiger partial charge is 0.408 e. The quantitative estimate of drug-likeness (QED) is 0.527. The predicted molar refractivity (Wildman–Crippen MR) is 102 cm³/mol. The Morgan fingerprint density at radius 3 is 2.38 bits per heavy atom. The van der Waals surface area contributed by atoms with E-state index in [0.29, 0.717) is 24.9 Å². The fourth-order valence-electron chi connectivity index (χ4n) is 1.97. The molecule has 0 aliphatic heterocycles. The van der Waals surface area contributed by atoms with Crippen molar-refractivity contribution in [2.75, 3.05) is 20.7 Å². The summed E-state index contributed by atoms with van der Waals surface area (Å²) >= 11 is 0. The lowest BCUT2D eigenvalue weighted by Crippen LogP contribution is -2.54. The Balaban J connectivity index is 2.47. The highest BCUT2D eigenvalue weighted by molar-refractivity contribution is 5.79. The first-order valence-corrected chi connectivity index (χ1v) is 8.49. The molecular formula is C18H31N5O3. The van der Waals surface area contributed by atoms with Gasteiger partial charge in [-0.15, -0.1) is 0 Å². The Bertz CT molecular complexity index is 606. The van der Waals surface area contributed by atoms with E-state index in [0.717, 1.165) is 5.56 Å². The molecule has 1 amide bonds. The molecule has 0 aromatic carbocycles. The van der Waals surface area contributed by atoms with E-state index in [1.165, 1.54) is 0 Å². The summed E-state index contributed by atoms with van der Waals surface area (Å²) in [7, 11) is 3.27. The van der Waals surface area contributed by atoms with Gasteiger partial charge >= 0.3 is 6.09 Å². The molecular weight excluding hydrogens is 334 g/mol. The van der Waals surface area contributed by atoms with Crippen molar-refractivity contribution >= 4 is 12.1 Å². The third-order valence-corrected chi connectivity index (χ3v) is 3.23. The molecule has 8 nitrogen and oxygen atoms in total. The van der Waals surface area contributed by atoms with Crippen LogP contribution in [0.5, 0.6) is 5.88 Å². The van der Waals surface area contributed by atoms with Gasteiger partial charge in [0.2, 0.25) is 5.88 Å². The number of pyridine rings is 1. The minimum atomic E-state index is -0.530. The number of guanidine groups is 1. The molecule has 0 saturated carbocycles. The second kappa shape index (κ2) is 9.26. The summed E-state index contributed by atoms with van der Waals surface area (Å²) in [6.45, 7) is 10.4. The van der Waals surface area contributed by atoms with Crippen molar-refractivity contribution in [3.63, 3.8) is 0 Å². The van der Waals surface area contributed by atoms with E-state index in [1.54, 1.807) is 26.4 Å². The summed E-state index contributed by atoms with van der Waals surface area (Å²) in [5, 5.41) is 9.24. The molecule has 0 spiro atoms. The van der Waals surface area contributed by atoms with Gasteiger partial charge in [-0.05, 0) is 40.2 Å². The largest absolute Gasteiger partial charge is 0.481 e. The maximum Gasteiger partial charge on any atom is 0.408 e. The number of rotatable bonds is 6. The van der Waals surface area contributed by atoms with Gasteiger partial charge in [-0.3, -0.25) is 4.99 Å². The topological polar surface area (TPSA) is 96.9 Å². The lowest BCUT2D eigenvalue weighted by atomic mass is 10.1. The van der Waals surface area contributed by atoms with Crippen LogP contribution in [-0.4, -0.2) is 48.9 Å². The van der Waals surface area contributed by atoms with Crippen LogP contribution in [0.4, 0.5) is 4.79 Å². The van der Waals surface area contributed by atoms with Gasteiger partial charge in [0, 0.05) is 32.4 Å². The van der Waals surface area contributed by atoms with Crippen LogP contribution in [0, 0.1) is 0 Å². The van der Waals surface area contributed by atoms with Crippen LogP contribution >= 0.6 is 0 Å². The van der Waals surface area contributed by atoms with E-state index < -0.39 is 17.2 Å². The molecule has 8 heteroatoms. The highest BCUT2D eigenvalue weighted by Crippen LogP contribution is 2.09. The van der Waals surface area contributed by atoms with Crippen LogP contribution in [0.3, 0.4) is 0 Å². The van der Waals surface area contributed by atoms with Crippen LogP contribution < -0.4 is 20.7 Å². The summed E-state index contributed by atoms with van der Waals surface area (Å²) in [5.41, 5.74) is -0.0426. The number of nitrogens with one attached hydrogen (secondary N) is 3.